The van der Waals surface area contributed by atoms with Crippen molar-refractivity contribution in [2.45, 2.75) is 45.3 Å². The fourth-order valence-corrected chi connectivity index (χ4v) is 3.28. The summed E-state index contributed by atoms with van der Waals surface area (Å²) in [4.78, 5) is 15.0. The van der Waals surface area contributed by atoms with E-state index in [0.717, 1.165) is 6.42 Å². The third kappa shape index (κ3) is 4.55. The molecule has 0 unspecified atom stereocenters. The lowest BCUT2D eigenvalue weighted by Crippen LogP contribution is -2.41. The number of benzene rings is 1. The Morgan fingerprint density at radius 2 is 1.92 bits per heavy atom. The highest BCUT2D eigenvalue weighted by atomic mass is 28.4. The molecule has 0 aliphatic heterocycles. The molecule has 0 bridgehead atoms. The lowest BCUT2D eigenvalue weighted by molar-refractivity contribution is -0.383. The van der Waals surface area contributed by atoms with Crippen LogP contribution in [0.15, 0.2) is 30.5 Å². The standard InChI is InChI=1S/C18H26N2O4Si/c1-18(2,3)25(4,5)24-13-7-12-23-16-10-9-15(20(21)22)14-8-6-11-19-17(14)16/h6,8-11H,7,12-13H2,1-5H3. The Morgan fingerprint density at radius 1 is 1.20 bits per heavy atom. The van der Waals surface area contributed by atoms with Crippen LogP contribution >= 0.6 is 0 Å². The topological polar surface area (TPSA) is 74.5 Å². The van der Waals surface area contributed by atoms with E-state index in [1.54, 1.807) is 24.4 Å². The minimum absolute atomic E-state index is 0.0386. The summed E-state index contributed by atoms with van der Waals surface area (Å²) in [6.45, 7) is 12.2. The van der Waals surface area contributed by atoms with Crippen LogP contribution in [0.5, 0.6) is 5.75 Å². The van der Waals surface area contributed by atoms with Gasteiger partial charge in [0.1, 0.15) is 11.3 Å². The molecule has 0 amide bonds. The summed E-state index contributed by atoms with van der Waals surface area (Å²) in [5, 5.41) is 11.8. The zero-order valence-electron chi connectivity index (χ0n) is 15.5. The molecule has 7 heteroatoms. The number of non-ortho nitro benzene ring substituents is 1. The number of nitro groups is 1. The second kappa shape index (κ2) is 7.49. The third-order valence-corrected chi connectivity index (χ3v) is 9.26. The molecule has 136 valence electrons. The highest BCUT2D eigenvalue weighted by Gasteiger charge is 2.36. The minimum Gasteiger partial charge on any atom is -0.491 e. The summed E-state index contributed by atoms with van der Waals surface area (Å²) in [5.41, 5.74) is 0.554. The quantitative estimate of drug-likeness (QED) is 0.302. The van der Waals surface area contributed by atoms with Crippen LogP contribution in [-0.4, -0.2) is 31.4 Å². The van der Waals surface area contributed by atoms with Gasteiger partial charge in [-0.3, -0.25) is 15.1 Å². The van der Waals surface area contributed by atoms with Crippen LogP contribution in [0.25, 0.3) is 10.9 Å². The first kappa shape index (κ1) is 19.3. The molecule has 1 aromatic heterocycles. The first-order chi connectivity index (χ1) is 11.6. The normalized spacial score (nSPS) is 12.4. The minimum atomic E-state index is -1.74. The van der Waals surface area contributed by atoms with Crippen LogP contribution in [0.1, 0.15) is 27.2 Å². The van der Waals surface area contributed by atoms with Crippen molar-refractivity contribution in [1.29, 1.82) is 0 Å². The predicted molar refractivity (Wildman–Crippen MR) is 102 cm³/mol. The monoisotopic (exact) mass is 362 g/mol. The maximum absolute atomic E-state index is 11.1. The summed E-state index contributed by atoms with van der Waals surface area (Å²) in [6.07, 6.45) is 2.37. The van der Waals surface area contributed by atoms with Crippen molar-refractivity contribution in [3.05, 3.63) is 40.6 Å². The molecule has 0 saturated carbocycles. The number of nitrogens with zero attached hydrogens (tertiary/aromatic N) is 2. The Kier molecular flexibility index (Phi) is 5.79. The molecular formula is C18H26N2O4Si. The van der Waals surface area contributed by atoms with E-state index in [4.69, 9.17) is 9.16 Å². The molecule has 0 spiro atoms. The van der Waals surface area contributed by atoms with Crippen molar-refractivity contribution in [1.82, 2.24) is 4.98 Å². The Morgan fingerprint density at radius 3 is 2.56 bits per heavy atom. The van der Waals surface area contributed by atoms with Crippen molar-refractivity contribution in [2.75, 3.05) is 13.2 Å². The third-order valence-electron chi connectivity index (χ3n) is 4.72. The van der Waals surface area contributed by atoms with Gasteiger partial charge in [-0.05, 0) is 36.3 Å². The Balaban J connectivity index is 1.99. The Labute approximate surface area is 149 Å². The van der Waals surface area contributed by atoms with Crippen LogP contribution in [0, 0.1) is 10.1 Å². The molecule has 6 nitrogen and oxygen atoms in total. The van der Waals surface area contributed by atoms with Gasteiger partial charge in [0.25, 0.3) is 5.69 Å². The van der Waals surface area contributed by atoms with E-state index in [9.17, 15) is 10.1 Å². The largest absolute Gasteiger partial charge is 0.491 e. The average molecular weight is 363 g/mol. The highest BCUT2D eigenvalue weighted by molar-refractivity contribution is 6.74. The Bertz CT molecular complexity index is 756. The fourth-order valence-electron chi connectivity index (χ4n) is 2.19. The van der Waals surface area contributed by atoms with E-state index >= 15 is 0 Å². The van der Waals surface area contributed by atoms with Crippen LogP contribution in [0.3, 0.4) is 0 Å². The second-order valence-corrected chi connectivity index (χ2v) is 12.4. The maximum atomic E-state index is 11.1. The lowest BCUT2D eigenvalue weighted by Gasteiger charge is -2.36. The molecule has 0 saturated heterocycles. The Hall–Kier alpha value is -1.99. The number of aromatic nitrogens is 1. The first-order valence-electron chi connectivity index (χ1n) is 8.42. The molecule has 25 heavy (non-hydrogen) atoms. The van der Waals surface area contributed by atoms with E-state index in [1.807, 2.05) is 0 Å². The molecule has 2 aromatic rings. The van der Waals surface area contributed by atoms with Gasteiger partial charge in [0.15, 0.2) is 8.32 Å². The number of hydrogen-bond donors (Lipinski definition) is 0. The van der Waals surface area contributed by atoms with Crippen LogP contribution < -0.4 is 4.74 Å². The molecule has 0 aliphatic rings. The van der Waals surface area contributed by atoms with Gasteiger partial charge in [0.05, 0.1) is 16.9 Å². The highest BCUT2D eigenvalue weighted by Crippen LogP contribution is 2.36. The van der Waals surface area contributed by atoms with Crippen LogP contribution in [0.4, 0.5) is 5.69 Å². The number of nitro benzene ring substituents is 1. The summed E-state index contributed by atoms with van der Waals surface area (Å²) in [6, 6.07) is 6.45. The molecule has 1 heterocycles. The van der Waals surface area contributed by atoms with E-state index in [1.165, 1.54) is 6.07 Å². The number of ether oxygens (including phenoxy) is 1. The van der Waals surface area contributed by atoms with E-state index < -0.39 is 13.2 Å². The van der Waals surface area contributed by atoms with Gasteiger partial charge in [-0.2, -0.15) is 0 Å². The molecule has 0 aliphatic carbocycles. The van der Waals surface area contributed by atoms with Crippen molar-refractivity contribution in [3.8, 4) is 5.75 Å². The summed E-state index contributed by atoms with van der Waals surface area (Å²) in [5.74, 6) is 0.563. The number of pyridine rings is 1. The van der Waals surface area contributed by atoms with Gasteiger partial charge in [-0.25, -0.2) is 0 Å². The molecule has 0 atom stereocenters. The number of hydrogen-bond acceptors (Lipinski definition) is 5. The van der Waals surface area contributed by atoms with Gasteiger partial charge < -0.3 is 9.16 Å². The van der Waals surface area contributed by atoms with Gasteiger partial charge in [0.2, 0.25) is 0 Å². The van der Waals surface area contributed by atoms with Crippen molar-refractivity contribution >= 4 is 24.9 Å². The lowest BCUT2D eigenvalue weighted by atomic mass is 10.1. The molecule has 2 rings (SSSR count). The zero-order valence-corrected chi connectivity index (χ0v) is 16.5. The molecule has 0 radical (unpaired) electrons. The number of fused-ring (bicyclic) bond motifs is 1. The first-order valence-corrected chi connectivity index (χ1v) is 11.3. The van der Waals surface area contributed by atoms with Crippen molar-refractivity contribution in [3.63, 3.8) is 0 Å². The molecular weight excluding hydrogens is 336 g/mol. The summed E-state index contributed by atoms with van der Waals surface area (Å²) in [7, 11) is -1.74. The van der Waals surface area contributed by atoms with Gasteiger partial charge in [-0.15, -0.1) is 0 Å². The fraction of sp³-hybridized carbons (Fsp3) is 0.500. The molecule has 0 N–H and O–H groups in total. The number of rotatable bonds is 7. The van der Waals surface area contributed by atoms with Crippen LogP contribution in [-0.2, 0) is 4.43 Å². The van der Waals surface area contributed by atoms with E-state index in [2.05, 4.69) is 38.8 Å². The van der Waals surface area contributed by atoms with Gasteiger partial charge in [0, 0.05) is 25.3 Å². The summed E-state index contributed by atoms with van der Waals surface area (Å²) < 4.78 is 11.9. The average Bonchev–Trinajstić information content (AvgIpc) is 2.53. The van der Waals surface area contributed by atoms with Gasteiger partial charge >= 0.3 is 0 Å². The van der Waals surface area contributed by atoms with Crippen molar-refractivity contribution in [2.24, 2.45) is 0 Å². The molecule has 0 fully saturated rings. The SMILES string of the molecule is CC(C)(C)[Si](C)(C)OCCCOc1ccc([N+](=O)[O-])c2cccnc12. The molecule has 1 aromatic carbocycles. The van der Waals surface area contributed by atoms with Crippen LogP contribution in [0.2, 0.25) is 18.1 Å². The smallest absolute Gasteiger partial charge is 0.279 e. The second-order valence-electron chi connectivity index (χ2n) is 7.55. The van der Waals surface area contributed by atoms with E-state index in [0.29, 0.717) is 29.9 Å². The van der Waals surface area contributed by atoms with Gasteiger partial charge in [-0.1, -0.05) is 20.8 Å². The maximum Gasteiger partial charge on any atom is 0.279 e. The summed E-state index contributed by atoms with van der Waals surface area (Å²) >= 11 is 0. The van der Waals surface area contributed by atoms with E-state index in [-0.39, 0.29) is 10.7 Å². The van der Waals surface area contributed by atoms with Crippen molar-refractivity contribution < 1.29 is 14.1 Å². The zero-order chi connectivity index (χ0) is 18.7. The predicted octanol–water partition coefficient (Wildman–Crippen LogP) is 4.93.